The van der Waals surface area contributed by atoms with E-state index in [0.29, 0.717) is 37.9 Å². The number of carboxylic acids is 2. The number of carbonyl (C=O) groups is 10. The van der Waals surface area contributed by atoms with Gasteiger partial charge in [-0.2, -0.15) is 25.3 Å². The van der Waals surface area contributed by atoms with Crippen molar-refractivity contribution >= 4 is 84.5 Å². The highest BCUT2D eigenvalue weighted by Crippen LogP contribution is 2.08. The zero-order valence-electron chi connectivity index (χ0n) is 36.7. The monoisotopic (exact) mass is 975 g/mol. The lowest BCUT2D eigenvalue weighted by Gasteiger charge is -2.26. The number of carbonyl (C=O) groups excluding carboxylic acids is 8. The molecule has 26 nitrogen and oxygen atoms in total. The van der Waals surface area contributed by atoms with Crippen LogP contribution in [0.4, 0.5) is 0 Å². The normalized spacial score (nSPS) is 15.1. The first kappa shape index (κ1) is 58.5. The van der Waals surface area contributed by atoms with Crippen LogP contribution in [-0.2, 0) is 54.4 Å². The zero-order valence-corrected chi connectivity index (χ0v) is 38.5. The molecule has 0 fully saturated rings. The van der Waals surface area contributed by atoms with Crippen molar-refractivity contribution in [2.45, 2.75) is 126 Å². The van der Waals surface area contributed by atoms with Crippen molar-refractivity contribution in [2.75, 3.05) is 31.2 Å². The van der Waals surface area contributed by atoms with Crippen LogP contribution in [0.1, 0.15) is 70.9 Å². The van der Waals surface area contributed by atoms with Gasteiger partial charge in [0.25, 0.3) is 0 Å². The van der Waals surface area contributed by atoms with Gasteiger partial charge in [0, 0.05) is 36.2 Å². The molecule has 0 saturated carbocycles. The number of thiol groups is 2. The Bertz CT molecular complexity index is 1780. The number of aromatic nitrogens is 2. The third-order valence-electron chi connectivity index (χ3n) is 9.70. The number of nitrogens with two attached hydrogens (primary N) is 3. The molecule has 0 aromatic carbocycles. The van der Waals surface area contributed by atoms with E-state index in [1.165, 1.54) is 26.4 Å². The summed E-state index contributed by atoms with van der Waals surface area (Å²) in [5.74, 6) is -10.2. The number of aliphatic carboxylic acids is 2. The first-order chi connectivity index (χ1) is 31.2. The number of hydrogen-bond acceptors (Lipinski definition) is 17. The molecule has 0 radical (unpaired) electrons. The number of nitrogens with zero attached hydrogens (tertiary/aromatic N) is 1. The van der Waals surface area contributed by atoms with Gasteiger partial charge in [-0.05, 0) is 71.9 Å². The Balaban J connectivity index is 3.13. The van der Waals surface area contributed by atoms with E-state index in [2.05, 4.69) is 77.8 Å². The van der Waals surface area contributed by atoms with Crippen LogP contribution < -0.4 is 59.7 Å². The summed E-state index contributed by atoms with van der Waals surface area (Å²) in [6.45, 7) is 2.08. The van der Waals surface area contributed by atoms with Gasteiger partial charge in [0.1, 0.15) is 48.3 Å². The van der Waals surface area contributed by atoms with Crippen LogP contribution in [0.3, 0.4) is 0 Å². The number of rotatable bonds is 33. The summed E-state index contributed by atoms with van der Waals surface area (Å²) in [4.78, 5) is 135. The first-order valence-electron chi connectivity index (χ1n) is 21.1. The van der Waals surface area contributed by atoms with E-state index in [9.17, 15) is 58.2 Å². The fourth-order valence-electron chi connectivity index (χ4n) is 5.80. The number of aliphatic hydroxyl groups excluding tert-OH is 1. The van der Waals surface area contributed by atoms with Gasteiger partial charge < -0.3 is 80.0 Å². The number of unbranched alkanes of at least 4 members (excludes halogenated alkanes) is 2. The van der Waals surface area contributed by atoms with Crippen LogP contribution >= 0.6 is 25.3 Å². The molecular weight excluding hydrogens is 911 g/mol. The smallest absolute Gasteiger partial charge is 0.327 e. The lowest BCUT2D eigenvalue weighted by atomic mass is 10.1. The van der Waals surface area contributed by atoms with Gasteiger partial charge in [-0.3, -0.25) is 43.2 Å². The van der Waals surface area contributed by atoms with Crippen LogP contribution in [0.15, 0.2) is 12.5 Å². The SMILES string of the molecule is C[C@H](NC(=O)[C@H](CCCCN)NC(=O)[C@H](C)NC(=O)[C@H](CO)NC(=O)[C@H](Cc1cnc[nH]1)NC(=O)[C@H](CCCCN)NC(=O)[C@@H](N)CS)C(=O)N[C@@H](CCC(=O)O)C(=O)N[C@@H](CS)C(=O)O. The number of amides is 8. The molecular formula is C38H65N13O13S2. The molecule has 372 valence electrons. The second-order valence-corrected chi connectivity index (χ2v) is 15.8. The molecule has 1 heterocycles. The molecule has 0 saturated heterocycles. The number of nitrogens with one attached hydrogen (secondary N) is 9. The standard InChI is InChI=1S/C38H65N13O13S2/c1-19(31(56)47-25(9-10-29(53)54)35(60)51-28(17-66)38(63)64)44-33(58)23(7-3-5-11-39)46-30(55)20(2)45-37(62)27(15-52)50-36(61)26(13-21-14-42-18-43-21)49-34(59)24(8-4-6-12-40)48-32(57)22(41)16-65/h14,18-20,22-28,52,65-66H,3-13,15-17,39-41H2,1-2H3,(H,42,43)(H,44,58)(H,45,62)(H,46,55)(H,47,56)(H,48,57)(H,49,59)(H,50,61)(H,51,60)(H,53,54)(H,63,64)/t19-,20-,22-,23-,24-,25-,26-,27-,28-/m0/s1. The molecule has 1 aromatic heterocycles. The fourth-order valence-corrected chi connectivity index (χ4v) is 6.21. The molecule has 9 atom stereocenters. The van der Waals surface area contributed by atoms with E-state index in [1.54, 1.807) is 0 Å². The van der Waals surface area contributed by atoms with E-state index >= 15 is 0 Å². The second-order valence-electron chi connectivity index (χ2n) is 15.1. The maximum absolute atomic E-state index is 13.7. The van der Waals surface area contributed by atoms with Gasteiger partial charge in [0.2, 0.25) is 47.3 Å². The zero-order chi connectivity index (χ0) is 49.9. The Morgan fingerprint density at radius 2 is 1.02 bits per heavy atom. The lowest BCUT2D eigenvalue weighted by molar-refractivity contribution is -0.142. The highest BCUT2D eigenvalue weighted by molar-refractivity contribution is 7.80. The summed E-state index contributed by atoms with van der Waals surface area (Å²) < 4.78 is 0. The lowest BCUT2D eigenvalue weighted by Crippen LogP contribution is -2.60. The molecule has 8 amide bonds. The van der Waals surface area contributed by atoms with Crippen molar-refractivity contribution in [3.05, 3.63) is 18.2 Å². The van der Waals surface area contributed by atoms with Gasteiger partial charge >= 0.3 is 11.9 Å². The van der Waals surface area contributed by atoms with Crippen molar-refractivity contribution in [3.8, 4) is 0 Å². The van der Waals surface area contributed by atoms with E-state index in [1.807, 2.05) is 0 Å². The van der Waals surface area contributed by atoms with Crippen LogP contribution in [0.2, 0.25) is 0 Å². The Kier molecular flexibility index (Phi) is 27.8. The van der Waals surface area contributed by atoms with Gasteiger partial charge in [-0.1, -0.05) is 0 Å². The maximum atomic E-state index is 13.7. The molecule has 1 aromatic rings. The molecule has 1 rings (SSSR count). The number of aliphatic hydroxyl groups is 1. The molecule has 0 unspecified atom stereocenters. The largest absolute Gasteiger partial charge is 0.481 e. The second kappa shape index (κ2) is 31.4. The number of hydrogen-bond donors (Lipinski definition) is 17. The maximum Gasteiger partial charge on any atom is 0.327 e. The molecule has 0 bridgehead atoms. The van der Waals surface area contributed by atoms with E-state index < -0.39 is 133 Å². The molecule has 18 N–H and O–H groups in total. The van der Waals surface area contributed by atoms with Crippen molar-refractivity contribution in [1.29, 1.82) is 0 Å². The van der Waals surface area contributed by atoms with Crippen LogP contribution in [0.5, 0.6) is 0 Å². The third-order valence-corrected chi connectivity index (χ3v) is 10.5. The summed E-state index contributed by atoms with van der Waals surface area (Å²) in [5.41, 5.74) is 17.4. The summed E-state index contributed by atoms with van der Waals surface area (Å²) >= 11 is 7.89. The summed E-state index contributed by atoms with van der Waals surface area (Å²) in [6.07, 6.45) is 3.41. The minimum atomic E-state index is -1.67. The van der Waals surface area contributed by atoms with Gasteiger partial charge in [-0.25, -0.2) is 9.78 Å². The highest BCUT2D eigenvalue weighted by Gasteiger charge is 2.33. The fraction of sp³-hybridized carbons (Fsp3) is 0.658. The number of aromatic amines is 1. The highest BCUT2D eigenvalue weighted by atomic mass is 32.1. The first-order valence-corrected chi connectivity index (χ1v) is 22.3. The van der Waals surface area contributed by atoms with Crippen LogP contribution in [0, 0.1) is 0 Å². The molecule has 0 spiro atoms. The predicted molar refractivity (Wildman–Crippen MR) is 242 cm³/mol. The third kappa shape index (κ3) is 21.6. The van der Waals surface area contributed by atoms with E-state index in [-0.39, 0.29) is 37.3 Å². The van der Waals surface area contributed by atoms with Crippen molar-refractivity contribution in [1.82, 2.24) is 52.5 Å². The van der Waals surface area contributed by atoms with Crippen LogP contribution in [0.25, 0.3) is 0 Å². The molecule has 0 aliphatic rings. The minimum absolute atomic E-state index is 0.00599. The summed E-state index contributed by atoms with van der Waals surface area (Å²) in [6, 6.07) is -12.3. The topological polar surface area (TPSA) is 434 Å². The Hall–Kier alpha value is -5.55. The van der Waals surface area contributed by atoms with Crippen molar-refractivity contribution in [3.63, 3.8) is 0 Å². The average molecular weight is 976 g/mol. The number of H-pyrrole nitrogens is 1. The quantitative estimate of drug-likeness (QED) is 0.0230. The van der Waals surface area contributed by atoms with Crippen molar-refractivity contribution in [2.24, 2.45) is 17.2 Å². The van der Waals surface area contributed by atoms with Crippen LogP contribution in [-0.4, -0.2) is 170 Å². The summed E-state index contributed by atoms with van der Waals surface area (Å²) in [5, 5.41) is 47.7. The Labute approximate surface area is 391 Å². The van der Waals surface area contributed by atoms with E-state index in [4.69, 9.17) is 22.3 Å². The van der Waals surface area contributed by atoms with E-state index in [0.717, 1.165) is 0 Å². The minimum Gasteiger partial charge on any atom is -0.481 e. The number of imidazole rings is 1. The Morgan fingerprint density at radius 3 is 1.44 bits per heavy atom. The van der Waals surface area contributed by atoms with Gasteiger partial charge in [0.15, 0.2) is 0 Å². The molecule has 66 heavy (non-hydrogen) atoms. The molecule has 28 heteroatoms. The average Bonchev–Trinajstić information content (AvgIpc) is 3.80. The Morgan fingerprint density at radius 1 is 0.591 bits per heavy atom. The molecule has 0 aliphatic heterocycles. The van der Waals surface area contributed by atoms with Crippen molar-refractivity contribution < 1.29 is 63.3 Å². The van der Waals surface area contributed by atoms with Gasteiger partial charge in [0.05, 0.1) is 19.0 Å². The number of carboxylic acid groups (broad SMARTS) is 2. The summed E-state index contributed by atoms with van der Waals surface area (Å²) in [7, 11) is 0. The molecule has 0 aliphatic carbocycles. The van der Waals surface area contributed by atoms with Gasteiger partial charge in [-0.15, -0.1) is 0 Å². The predicted octanol–water partition coefficient (Wildman–Crippen LogP) is -5.74.